The number of anilines is 1. The molecular weight excluding hydrogens is 332 g/mol. The number of para-hydroxylation sites is 2. The molecule has 1 atom stereocenters. The number of nitrogens with one attached hydrogen (secondary N) is 1. The molecular formula is C19H18N4O3. The summed E-state index contributed by atoms with van der Waals surface area (Å²) in [7, 11) is 0. The van der Waals surface area contributed by atoms with E-state index < -0.39 is 18.0 Å². The number of urea groups is 1. The smallest absolute Gasteiger partial charge is 0.326 e. The molecule has 1 aliphatic rings. The third kappa shape index (κ3) is 2.88. The van der Waals surface area contributed by atoms with E-state index in [-0.39, 0.29) is 6.42 Å². The van der Waals surface area contributed by atoms with Crippen LogP contribution in [0.4, 0.5) is 10.7 Å². The van der Waals surface area contributed by atoms with Gasteiger partial charge in [0.1, 0.15) is 6.04 Å². The zero-order chi connectivity index (χ0) is 18.1. The molecule has 26 heavy (non-hydrogen) atoms. The van der Waals surface area contributed by atoms with Gasteiger partial charge in [-0.05, 0) is 17.7 Å². The van der Waals surface area contributed by atoms with Crippen LogP contribution in [0.25, 0.3) is 11.0 Å². The fourth-order valence-electron chi connectivity index (χ4n) is 3.26. The predicted molar refractivity (Wildman–Crippen MR) is 97.2 cm³/mol. The number of hydrogen-bond donors (Lipinski definition) is 2. The summed E-state index contributed by atoms with van der Waals surface area (Å²) in [5, 5.41) is 12.1. The monoisotopic (exact) mass is 350 g/mol. The molecule has 0 fully saturated rings. The van der Waals surface area contributed by atoms with Gasteiger partial charge in [0.2, 0.25) is 5.95 Å². The number of hydrogen-bond acceptors (Lipinski definition) is 3. The van der Waals surface area contributed by atoms with Crippen LogP contribution in [-0.2, 0) is 17.8 Å². The van der Waals surface area contributed by atoms with E-state index in [1.165, 1.54) is 4.90 Å². The number of fused-ring (bicyclic) bond motifs is 3. The maximum absolute atomic E-state index is 12.7. The summed E-state index contributed by atoms with van der Waals surface area (Å²) in [5.41, 5.74) is 2.64. The minimum atomic E-state index is -1.06. The average Bonchev–Trinajstić information content (AvgIpc) is 3.21. The topological polar surface area (TPSA) is 87.5 Å². The number of aliphatic carboxylic acids is 1. The Morgan fingerprint density at radius 2 is 1.81 bits per heavy atom. The van der Waals surface area contributed by atoms with Crippen molar-refractivity contribution in [1.82, 2.24) is 14.9 Å². The van der Waals surface area contributed by atoms with Crippen LogP contribution >= 0.6 is 0 Å². The van der Waals surface area contributed by atoms with Gasteiger partial charge in [-0.1, -0.05) is 42.5 Å². The Labute approximate surface area is 149 Å². The Morgan fingerprint density at radius 1 is 1.08 bits per heavy atom. The molecule has 0 radical (unpaired) electrons. The molecule has 0 saturated heterocycles. The van der Waals surface area contributed by atoms with Crippen LogP contribution in [0.3, 0.4) is 0 Å². The van der Waals surface area contributed by atoms with Crippen molar-refractivity contribution in [3.8, 4) is 0 Å². The van der Waals surface area contributed by atoms with Gasteiger partial charge in [-0.15, -0.1) is 0 Å². The lowest BCUT2D eigenvalue weighted by molar-refractivity contribution is -0.139. The lowest BCUT2D eigenvalue weighted by Crippen LogP contribution is -2.48. The van der Waals surface area contributed by atoms with Crippen molar-refractivity contribution in [2.45, 2.75) is 19.0 Å². The molecule has 7 nitrogen and oxygen atoms in total. The fraction of sp³-hybridized carbons (Fsp3) is 0.211. The number of aromatic nitrogens is 2. The SMILES string of the molecule is O=C(O)C(Cc1ccccc1)NC(=O)N1CCn2c1nc1ccccc12. The first kappa shape index (κ1) is 16.1. The summed E-state index contributed by atoms with van der Waals surface area (Å²) < 4.78 is 1.97. The second-order valence-electron chi connectivity index (χ2n) is 6.23. The minimum Gasteiger partial charge on any atom is -0.480 e. The summed E-state index contributed by atoms with van der Waals surface area (Å²) >= 11 is 0. The van der Waals surface area contributed by atoms with Gasteiger partial charge >= 0.3 is 12.0 Å². The normalized spacial score (nSPS) is 14.2. The van der Waals surface area contributed by atoms with Gasteiger partial charge < -0.3 is 15.0 Å². The molecule has 2 N–H and O–H groups in total. The van der Waals surface area contributed by atoms with Crippen molar-refractivity contribution in [1.29, 1.82) is 0 Å². The molecule has 0 aliphatic carbocycles. The van der Waals surface area contributed by atoms with E-state index in [2.05, 4.69) is 10.3 Å². The molecule has 0 bridgehead atoms. The largest absolute Gasteiger partial charge is 0.480 e. The highest BCUT2D eigenvalue weighted by Crippen LogP contribution is 2.27. The first-order valence-corrected chi connectivity index (χ1v) is 8.43. The molecule has 3 aromatic rings. The van der Waals surface area contributed by atoms with Crippen LogP contribution in [-0.4, -0.2) is 39.2 Å². The van der Waals surface area contributed by atoms with Crippen LogP contribution in [0.1, 0.15) is 5.56 Å². The second kappa shape index (κ2) is 6.51. The van der Waals surface area contributed by atoms with Crippen molar-refractivity contribution < 1.29 is 14.7 Å². The number of carboxylic acid groups (broad SMARTS) is 1. The van der Waals surface area contributed by atoms with E-state index in [4.69, 9.17) is 0 Å². The van der Waals surface area contributed by atoms with Crippen LogP contribution in [0.2, 0.25) is 0 Å². The molecule has 2 amide bonds. The van der Waals surface area contributed by atoms with Crippen molar-refractivity contribution in [2.24, 2.45) is 0 Å². The maximum atomic E-state index is 12.7. The molecule has 1 aliphatic heterocycles. The van der Waals surface area contributed by atoms with Crippen LogP contribution in [0.15, 0.2) is 54.6 Å². The Balaban J connectivity index is 1.54. The van der Waals surface area contributed by atoms with Crippen LogP contribution in [0, 0.1) is 0 Å². The second-order valence-corrected chi connectivity index (χ2v) is 6.23. The Morgan fingerprint density at radius 3 is 2.58 bits per heavy atom. The lowest BCUT2D eigenvalue weighted by atomic mass is 10.1. The summed E-state index contributed by atoms with van der Waals surface area (Å²) in [6.45, 7) is 1.11. The van der Waals surface area contributed by atoms with Gasteiger partial charge in [-0.3, -0.25) is 4.90 Å². The quantitative estimate of drug-likeness (QED) is 0.756. The molecule has 2 aromatic carbocycles. The van der Waals surface area contributed by atoms with Crippen molar-refractivity contribution in [2.75, 3.05) is 11.4 Å². The molecule has 7 heteroatoms. The molecule has 0 saturated carbocycles. The summed E-state index contributed by atoms with van der Waals surface area (Å²) in [4.78, 5) is 30.3. The predicted octanol–water partition coefficient (Wildman–Crippen LogP) is 2.26. The zero-order valence-electron chi connectivity index (χ0n) is 14.0. The van der Waals surface area contributed by atoms with Crippen molar-refractivity contribution in [3.63, 3.8) is 0 Å². The number of carbonyl (C=O) groups excluding carboxylic acids is 1. The molecule has 2 heterocycles. The lowest BCUT2D eigenvalue weighted by Gasteiger charge is -2.19. The number of rotatable bonds is 4. The molecule has 1 unspecified atom stereocenters. The van der Waals surface area contributed by atoms with Gasteiger partial charge in [-0.2, -0.15) is 0 Å². The van der Waals surface area contributed by atoms with Gasteiger partial charge in [0.05, 0.1) is 11.0 Å². The number of nitrogens with zero attached hydrogens (tertiary/aromatic N) is 3. The zero-order valence-corrected chi connectivity index (χ0v) is 14.0. The number of carbonyl (C=O) groups is 2. The first-order chi connectivity index (χ1) is 12.6. The third-order valence-corrected chi connectivity index (χ3v) is 4.55. The van der Waals surface area contributed by atoms with Gasteiger partial charge in [0.25, 0.3) is 0 Å². The summed E-state index contributed by atoms with van der Waals surface area (Å²) in [5.74, 6) is -0.512. The number of amides is 2. The number of benzene rings is 2. The Bertz CT molecular complexity index is 967. The fourth-order valence-corrected chi connectivity index (χ4v) is 3.26. The van der Waals surface area contributed by atoms with Crippen molar-refractivity contribution >= 4 is 29.0 Å². The van der Waals surface area contributed by atoms with E-state index in [0.29, 0.717) is 19.0 Å². The highest BCUT2D eigenvalue weighted by molar-refractivity contribution is 5.95. The molecule has 1 aromatic heterocycles. The van der Waals surface area contributed by atoms with E-state index in [0.717, 1.165) is 16.6 Å². The summed E-state index contributed by atoms with van der Waals surface area (Å²) in [6, 6.07) is 15.5. The molecule has 0 spiro atoms. The van der Waals surface area contributed by atoms with Gasteiger partial charge in [0.15, 0.2) is 0 Å². The van der Waals surface area contributed by atoms with Crippen LogP contribution in [0.5, 0.6) is 0 Å². The maximum Gasteiger partial charge on any atom is 0.326 e. The minimum absolute atomic E-state index is 0.228. The number of imidazole rings is 1. The van der Waals surface area contributed by atoms with Gasteiger partial charge in [-0.25, -0.2) is 14.6 Å². The molecule has 132 valence electrons. The highest BCUT2D eigenvalue weighted by Gasteiger charge is 2.31. The number of carboxylic acids is 1. The van der Waals surface area contributed by atoms with E-state index in [1.54, 1.807) is 0 Å². The first-order valence-electron chi connectivity index (χ1n) is 8.43. The van der Waals surface area contributed by atoms with E-state index in [1.807, 2.05) is 59.2 Å². The molecule has 4 rings (SSSR count). The summed E-state index contributed by atoms with van der Waals surface area (Å²) in [6.07, 6.45) is 0.228. The van der Waals surface area contributed by atoms with Gasteiger partial charge in [0, 0.05) is 19.5 Å². The highest BCUT2D eigenvalue weighted by atomic mass is 16.4. The van der Waals surface area contributed by atoms with E-state index >= 15 is 0 Å². The van der Waals surface area contributed by atoms with Crippen molar-refractivity contribution in [3.05, 3.63) is 60.2 Å². The van der Waals surface area contributed by atoms with E-state index in [9.17, 15) is 14.7 Å². The Kier molecular flexibility index (Phi) is 4.04. The Hall–Kier alpha value is -3.35. The standard InChI is InChI=1S/C19H18N4O3/c24-17(25)15(12-13-6-2-1-3-7-13)21-19(26)23-11-10-22-16-9-5-4-8-14(16)20-18(22)23/h1-9,15H,10-12H2,(H,21,26)(H,24,25). The third-order valence-electron chi connectivity index (χ3n) is 4.55. The average molecular weight is 350 g/mol. The van der Waals surface area contributed by atoms with Crippen LogP contribution < -0.4 is 10.2 Å².